The number of allylic oxidation sites excluding steroid dienone is 1. The smallest absolute Gasteiger partial charge is 0.164 e. The molecule has 0 bridgehead atoms. The van der Waals surface area contributed by atoms with Gasteiger partial charge in [-0.15, -0.1) is 0 Å². The van der Waals surface area contributed by atoms with Crippen LogP contribution >= 0.6 is 0 Å². The second kappa shape index (κ2) is 0.781. The third-order valence-electron chi connectivity index (χ3n) is 2.18. The first kappa shape index (κ1) is 3.67. The van der Waals surface area contributed by atoms with Gasteiger partial charge in [0.25, 0.3) is 0 Å². The van der Waals surface area contributed by atoms with Gasteiger partial charge >= 0.3 is 0 Å². The van der Waals surface area contributed by atoms with E-state index in [-0.39, 0.29) is 0 Å². The molecule has 0 unspecified atom stereocenters. The second-order valence-corrected chi connectivity index (χ2v) is 2.61. The Morgan fingerprint density at radius 1 is 1.57 bits per heavy atom. The van der Waals surface area contributed by atoms with Crippen LogP contribution in [0.5, 0.6) is 0 Å². The van der Waals surface area contributed by atoms with E-state index in [0.717, 1.165) is 0 Å². The minimum absolute atomic E-state index is 1.28. The lowest BCUT2D eigenvalue weighted by atomic mass is 10.2. The summed E-state index contributed by atoms with van der Waals surface area (Å²) in [6.07, 6.45) is 3.79. The normalized spacial score (nSPS) is 31.9. The molecule has 0 aromatic heterocycles. The van der Waals surface area contributed by atoms with Crippen molar-refractivity contribution in [1.29, 1.82) is 0 Å². The first-order chi connectivity index (χ1) is 3.33. The molecule has 2 aliphatic rings. The molecule has 0 aromatic carbocycles. The maximum atomic E-state index is 2.35. The summed E-state index contributed by atoms with van der Waals surface area (Å²) >= 11 is 0. The van der Waals surface area contributed by atoms with Crippen LogP contribution in [0.2, 0.25) is 0 Å². The lowest BCUT2D eigenvalue weighted by Crippen LogP contribution is -2.40. The molecule has 1 saturated heterocycles. The number of quaternary nitrogens is 1. The average Bonchev–Trinajstić information content (AvgIpc) is 2.10. The Morgan fingerprint density at radius 3 is 2.14 bits per heavy atom. The predicted molar refractivity (Wildman–Crippen MR) is 28.4 cm³/mol. The number of hydrogen-bond acceptors (Lipinski definition) is 0. The van der Waals surface area contributed by atoms with Crippen LogP contribution in [-0.4, -0.2) is 17.6 Å². The zero-order valence-electron chi connectivity index (χ0n) is 4.65. The van der Waals surface area contributed by atoms with Crippen molar-refractivity contribution < 1.29 is 4.48 Å². The molecule has 0 aliphatic carbocycles. The molecule has 1 heteroatoms. The van der Waals surface area contributed by atoms with Crippen LogP contribution in [-0.2, 0) is 0 Å². The van der Waals surface area contributed by atoms with Gasteiger partial charge in [0.15, 0.2) is 11.9 Å². The fourth-order valence-corrected chi connectivity index (χ4v) is 1.31. The molecule has 0 amide bonds. The SMILES string of the molecule is CC1=C[N+]12CCC2. The van der Waals surface area contributed by atoms with E-state index in [0.29, 0.717) is 0 Å². The zero-order valence-corrected chi connectivity index (χ0v) is 4.65. The van der Waals surface area contributed by atoms with Crippen LogP contribution in [0.25, 0.3) is 0 Å². The summed E-state index contributed by atoms with van der Waals surface area (Å²) in [7, 11) is 0. The fraction of sp³-hybridized carbons (Fsp3) is 0.667. The molecule has 0 N–H and O–H groups in total. The van der Waals surface area contributed by atoms with Crippen LogP contribution < -0.4 is 0 Å². The minimum atomic E-state index is 1.28. The summed E-state index contributed by atoms with van der Waals surface area (Å²) in [5.74, 6) is 0. The van der Waals surface area contributed by atoms with Crippen LogP contribution in [0.15, 0.2) is 11.9 Å². The molecule has 1 nitrogen and oxygen atoms in total. The van der Waals surface area contributed by atoms with E-state index in [1.807, 2.05) is 0 Å². The monoisotopic (exact) mass is 96.1 g/mol. The average molecular weight is 96.2 g/mol. The van der Waals surface area contributed by atoms with Gasteiger partial charge in [0.2, 0.25) is 0 Å². The molecule has 0 aromatic rings. The van der Waals surface area contributed by atoms with Crippen molar-refractivity contribution in [3.05, 3.63) is 11.9 Å². The quantitative estimate of drug-likeness (QED) is 0.396. The van der Waals surface area contributed by atoms with Crippen LogP contribution in [0.1, 0.15) is 13.3 Å². The Hall–Kier alpha value is -0.300. The summed E-state index contributed by atoms with van der Waals surface area (Å²) in [6, 6.07) is 0. The highest BCUT2D eigenvalue weighted by Crippen LogP contribution is 2.39. The second-order valence-electron chi connectivity index (χ2n) is 2.61. The van der Waals surface area contributed by atoms with Crippen molar-refractivity contribution in [3.63, 3.8) is 0 Å². The molecule has 38 valence electrons. The van der Waals surface area contributed by atoms with Gasteiger partial charge in [-0.05, 0) is 0 Å². The molecular formula is C6H10N+. The van der Waals surface area contributed by atoms with Crippen molar-refractivity contribution in [2.45, 2.75) is 13.3 Å². The van der Waals surface area contributed by atoms with Crippen molar-refractivity contribution >= 4 is 0 Å². The summed E-state index contributed by atoms with van der Waals surface area (Å²) in [6.45, 7) is 5.01. The lowest BCUT2D eigenvalue weighted by Gasteiger charge is -2.27. The Labute approximate surface area is 43.8 Å². The molecule has 2 aliphatic heterocycles. The molecule has 0 saturated carbocycles. The highest BCUT2D eigenvalue weighted by Gasteiger charge is 2.47. The zero-order chi connectivity index (χ0) is 4.91. The molecule has 0 radical (unpaired) electrons. The van der Waals surface area contributed by atoms with E-state index < -0.39 is 0 Å². The predicted octanol–water partition coefficient (Wildman–Crippen LogP) is 1.08. The van der Waals surface area contributed by atoms with E-state index in [1.54, 1.807) is 5.70 Å². The molecule has 7 heavy (non-hydrogen) atoms. The van der Waals surface area contributed by atoms with Gasteiger partial charge in [0.05, 0.1) is 13.1 Å². The van der Waals surface area contributed by atoms with E-state index in [1.165, 1.54) is 24.0 Å². The Bertz CT molecular complexity index is 131. The maximum absolute atomic E-state index is 2.35. The van der Waals surface area contributed by atoms with Gasteiger partial charge in [-0.25, -0.2) is 0 Å². The topological polar surface area (TPSA) is 0 Å². The highest BCUT2D eigenvalue weighted by atomic mass is 15.5. The van der Waals surface area contributed by atoms with Gasteiger partial charge in [0.1, 0.15) is 0 Å². The number of rotatable bonds is 0. The van der Waals surface area contributed by atoms with E-state index in [4.69, 9.17) is 0 Å². The van der Waals surface area contributed by atoms with Crippen molar-refractivity contribution in [2.75, 3.05) is 13.1 Å². The van der Waals surface area contributed by atoms with Gasteiger partial charge in [-0.1, -0.05) is 0 Å². The molecule has 1 fully saturated rings. The first-order valence-corrected chi connectivity index (χ1v) is 2.90. The summed E-state index contributed by atoms with van der Waals surface area (Å²) in [5, 5.41) is 0. The Balaban J connectivity index is 2.10. The van der Waals surface area contributed by atoms with Crippen LogP contribution in [0.3, 0.4) is 0 Å². The van der Waals surface area contributed by atoms with Crippen molar-refractivity contribution in [3.8, 4) is 0 Å². The largest absolute Gasteiger partial charge is 0.259 e. The van der Waals surface area contributed by atoms with E-state index in [2.05, 4.69) is 13.1 Å². The molecular weight excluding hydrogens is 86.1 g/mol. The summed E-state index contributed by atoms with van der Waals surface area (Å²) in [4.78, 5) is 0. The standard InChI is InChI=1S/C6H10N/c1-6-5-7(6)3-2-4-7/h5H,2-4H2,1H3/q+1. The Kier molecular flexibility index (Phi) is 0.409. The van der Waals surface area contributed by atoms with E-state index >= 15 is 0 Å². The highest BCUT2D eigenvalue weighted by molar-refractivity contribution is 5.03. The Morgan fingerprint density at radius 2 is 2.14 bits per heavy atom. The number of hydrogen-bond donors (Lipinski definition) is 0. The van der Waals surface area contributed by atoms with Crippen molar-refractivity contribution in [2.24, 2.45) is 0 Å². The first-order valence-electron chi connectivity index (χ1n) is 2.90. The summed E-state index contributed by atoms with van der Waals surface area (Å²) < 4.78 is 1.28. The molecule has 2 rings (SSSR count). The van der Waals surface area contributed by atoms with Gasteiger partial charge in [0, 0.05) is 13.3 Å². The van der Waals surface area contributed by atoms with E-state index in [9.17, 15) is 0 Å². The fourth-order valence-electron chi connectivity index (χ4n) is 1.31. The summed E-state index contributed by atoms with van der Waals surface area (Å²) in [5.41, 5.74) is 1.59. The molecule has 1 spiro atoms. The molecule has 0 atom stereocenters. The third kappa shape index (κ3) is 0.280. The van der Waals surface area contributed by atoms with Gasteiger partial charge in [-0.3, -0.25) is 4.48 Å². The van der Waals surface area contributed by atoms with Gasteiger partial charge in [-0.2, -0.15) is 0 Å². The number of nitrogens with zero attached hydrogens (tertiary/aromatic N) is 1. The van der Waals surface area contributed by atoms with Crippen LogP contribution in [0, 0.1) is 0 Å². The lowest BCUT2D eigenvalue weighted by molar-refractivity contribution is -0.821. The van der Waals surface area contributed by atoms with Crippen LogP contribution in [0.4, 0.5) is 0 Å². The minimum Gasteiger partial charge on any atom is -0.259 e. The van der Waals surface area contributed by atoms with Crippen molar-refractivity contribution in [1.82, 2.24) is 0 Å². The maximum Gasteiger partial charge on any atom is 0.164 e. The van der Waals surface area contributed by atoms with Gasteiger partial charge < -0.3 is 0 Å². The molecule has 2 heterocycles. The third-order valence-corrected chi connectivity index (χ3v) is 2.18.